The van der Waals surface area contributed by atoms with E-state index in [9.17, 15) is 10.2 Å². The number of hydrogen-bond acceptors (Lipinski definition) is 3. The second-order valence-electron chi connectivity index (χ2n) is 6.35. The number of aromatic nitrogens is 1. The molecule has 28 heavy (non-hydrogen) atoms. The number of para-hydroxylation sites is 1. The quantitative estimate of drug-likeness (QED) is 0.253. The van der Waals surface area contributed by atoms with Crippen molar-refractivity contribution in [2.75, 3.05) is 5.32 Å². The van der Waals surface area contributed by atoms with Gasteiger partial charge in [-0.2, -0.15) is 4.57 Å². The van der Waals surface area contributed by atoms with Crippen LogP contribution in [0.5, 0.6) is 0 Å². The molecule has 5 heteroatoms. The highest BCUT2D eigenvalue weighted by atomic mass is 32.1. The fourth-order valence-electron chi connectivity index (χ4n) is 2.85. The van der Waals surface area contributed by atoms with Crippen molar-refractivity contribution in [3.05, 3.63) is 95.8 Å². The van der Waals surface area contributed by atoms with E-state index in [0.29, 0.717) is 16.2 Å². The smallest absolute Gasteiger partial charge is 0.288 e. The molecule has 4 nitrogen and oxygen atoms in total. The van der Waals surface area contributed by atoms with Gasteiger partial charge in [-0.05, 0) is 30.2 Å². The Labute approximate surface area is 170 Å². The monoisotopic (exact) mass is 391 g/mol. The molecule has 0 spiro atoms. The number of pyridine rings is 1. The van der Waals surface area contributed by atoms with E-state index in [1.807, 2.05) is 66.7 Å². The van der Waals surface area contributed by atoms with E-state index in [1.165, 1.54) is 5.56 Å². The first-order chi connectivity index (χ1) is 13.6. The summed E-state index contributed by atoms with van der Waals surface area (Å²) in [6.07, 6.45) is 4.48. The van der Waals surface area contributed by atoms with Gasteiger partial charge in [-0.15, -0.1) is 0 Å². The molecule has 142 valence electrons. The lowest BCUT2D eigenvalue weighted by molar-refractivity contribution is -0.576. The standard InChI is InChI=1S/C23H22N2O2S/c1-2-17-10-12-19(13-11-17)22(27)21(25-14-6-7-18(15-25)16-26)23(28)24-20-8-4-3-5-9-20/h3-15,26H,2,16H2,1H3,(H-,24,27,28)/p+1. The zero-order valence-corrected chi connectivity index (χ0v) is 16.5. The minimum absolute atomic E-state index is 0.0659. The van der Waals surface area contributed by atoms with Gasteiger partial charge in [0, 0.05) is 22.9 Å². The molecule has 0 bridgehead atoms. The van der Waals surface area contributed by atoms with Crippen LogP contribution in [0.1, 0.15) is 23.6 Å². The maximum atomic E-state index is 11.1. The van der Waals surface area contributed by atoms with Crippen LogP contribution < -0.4 is 9.88 Å². The van der Waals surface area contributed by atoms with Gasteiger partial charge < -0.3 is 15.5 Å². The van der Waals surface area contributed by atoms with Gasteiger partial charge in [0.1, 0.15) is 0 Å². The Morgan fingerprint density at radius 2 is 1.68 bits per heavy atom. The number of hydrogen-bond donors (Lipinski definition) is 3. The third kappa shape index (κ3) is 4.63. The molecule has 0 saturated carbocycles. The third-order valence-corrected chi connectivity index (χ3v) is 4.70. The number of aryl methyl sites for hydroxylation is 1. The van der Waals surface area contributed by atoms with Crippen LogP contribution in [0.2, 0.25) is 0 Å². The first kappa shape index (κ1) is 19.7. The summed E-state index contributed by atoms with van der Waals surface area (Å²) < 4.78 is 1.73. The van der Waals surface area contributed by atoms with E-state index < -0.39 is 0 Å². The number of anilines is 1. The van der Waals surface area contributed by atoms with Gasteiger partial charge in [0.05, 0.1) is 6.61 Å². The predicted octanol–water partition coefficient (Wildman–Crippen LogP) is 4.35. The second-order valence-corrected chi connectivity index (χ2v) is 6.75. The molecule has 0 aliphatic rings. The number of nitrogens with zero attached hydrogens (tertiary/aromatic N) is 1. The highest BCUT2D eigenvalue weighted by Gasteiger charge is 2.24. The SMILES string of the molecule is CCc1ccc(C(O)=C(C(=S)Nc2ccccc2)[n+]2cccc(CO)c2)cc1. The fourth-order valence-corrected chi connectivity index (χ4v) is 3.17. The van der Waals surface area contributed by atoms with Gasteiger partial charge in [-0.1, -0.05) is 61.6 Å². The summed E-state index contributed by atoms with van der Waals surface area (Å²) in [5, 5.41) is 23.8. The van der Waals surface area contributed by atoms with Crippen LogP contribution in [-0.2, 0) is 13.0 Å². The van der Waals surface area contributed by atoms with Gasteiger partial charge >= 0.3 is 0 Å². The Balaban J connectivity index is 2.07. The normalized spacial score (nSPS) is 11.6. The molecule has 1 aromatic heterocycles. The van der Waals surface area contributed by atoms with E-state index in [0.717, 1.165) is 17.7 Å². The molecule has 1 heterocycles. The lowest BCUT2D eigenvalue weighted by atomic mass is 10.1. The van der Waals surface area contributed by atoms with Gasteiger partial charge in [-0.25, -0.2) is 0 Å². The molecule has 3 rings (SSSR count). The molecule has 0 atom stereocenters. The van der Waals surface area contributed by atoms with Crippen LogP contribution in [-0.4, -0.2) is 15.2 Å². The van der Waals surface area contributed by atoms with Crippen LogP contribution in [0.25, 0.3) is 11.5 Å². The van der Waals surface area contributed by atoms with Crippen LogP contribution in [0.4, 0.5) is 5.69 Å². The highest BCUT2D eigenvalue weighted by Crippen LogP contribution is 2.20. The zero-order valence-electron chi connectivity index (χ0n) is 15.7. The Morgan fingerprint density at radius 1 is 0.964 bits per heavy atom. The summed E-state index contributed by atoms with van der Waals surface area (Å²) in [6.45, 7) is 1.99. The highest BCUT2D eigenvalue weighted by molar-refractivity contribution is 7.81. The molecule has 0 unspecified atom stereocenters. The zero-order chi connectivity index (χ0) is 19.9. The van der Waals surface area contributed by atoms with Gasteiger partial charge in [0.15, 0.2) is 23.1 Å². The minimum Gasteiger partial charge on any atom is -0.502 e. The summed E-state index contributed by atoms with van der Waals surface area (Å²) in [6, 6.07) is 20.9. The number of thiocarbonyl (C=S) groups is 1. The molecule has 0 amide bonds. The maximum Gasteiger partial charge on any atom is 0.288 e. The Morgan fingerprint density at radius 3 is 2.32 bits per heavy atom. The molecular weight excluding hydrogens is 368 g/mol. The minimum atomic E-state index is -0.0983. The Hall–Kier alpha value is -3.02. The second kappa shape index (κ2) is 9.26. The van der Waals surface area contributed by atoms with Gasteiger partial charge in [0.2, 0.25) is 0 Å². The van der Waals surface area contributed by atoms with E-state index >= 15 is 0 Å². The molecule has 0 aliphatic heterocycles. The van der Waals surface area contributed by atoms with Crippen molar-refractivity contribution < 1.29 is 14.8 Å². The van der Waals surface area contributed by atoms with E-state index in [2.05, 4.69) is 12.2 Å². The van der Waals surface area contributed by atoms with E-state index in [1.54, 1.807) is 17.0 Å². The molecular formula is C23H23N2O2S+. The first-order valence-corrected chi connectivity index (χ1v) is 9.53. The van der Waals surface area contributed by atoms with Crippen molar-refractivity contribution in [2.24, 2.45) is 0 Å². The lowest BCUT2D eigenvalue weighted by Crippen LogP contribution is -2.39. The van der Waals surface area contributed by atoms with Crippen molar-refractivity contribution in [1.29, 1.82) is 0 Å². The van der Waals surface area contributed by atoms with Crippen molar-refractivity contribution in [3.8, 4) is 0 Å². The molecule has 2 aromatic carbocycles. The fraction of sp³-hybridized carbons (Fsp3) is 0.130. The summed E-state index contributed by atoms with van der Waals surface area (Å²) >= 11 is 5.63. The largest absolute Gasteiger partial charge is 0.502 e. The average Bonchev–Trinajstić information content (AvgIpc) is 2.74. The number of rotatable bonds is 6. The third-order valence-electron chi connectivity index (χ3n) is 4.41. The lowest BCUT2D eigenvalue weighted by Gasteiger charge is -2.11. The van der Waals surface area contributed by atoms with Gasteiger partial charge in [0.25, 0.3) is 5.70 Å². The van der Waals surface area contributed by atoms with E-state index in [4.69, 9.17) is 12.2 Å². The topological polar surface area (TPSA) is 56.4 Å². The maximum absolute atomic E-state index is 11.1. The summed E-state index contributed by atoms with van der Waals surface area (Å²) in [5.41, 5.74) is 3.86. The molecule has 3 N–H and O–H groups in total. The molecule has 3 aromatic rings. The number of aliphatic hydroxyl groups is 2. The van der Waals surface area contributed by atoms with E-state index in [-0.39, 0.29) is 12.4 Å². The Bertz CT molecular complexity index is 983. The van der Waals surface area contributed by atoms with Crippen molar-refractivity contribution in [2.45, 2.75) is 20.0 Å². The molecule has 0 radical (unpaired) electrons. The van der Waals surface area contributed by atoms with Crippen molar-refractivity contribution in [3.63, 3.8) is 0 Å². The summed E-state index contributed by atoms with van der Waals surface area (Å²) in [7, 11) is 0. The van der Waals surface area contributed by atoms with Crippen LogP contribution in [0.3, 0.4) is 0 Å². The first-order valence-electron chi connectivity index (χ1n) is 9.12. The summed E-state index contributed by atoms with van der Waals surface area (Å²) in [5.74, 6) is 0.0659. The predicted molar refractivity (Wildman–Crippen MR) is 117 cm³/mol. The summed E-state index contributed by atoms with van der Waals surface area (Å²) in [4.78, 5) is 0.378. The number of benzene rings is 2. The van der Waals surface area contributed by atoms with Gasteiger partial charge in [-0.3, -0.25) is 0 Å². The van der Waals surface area contributed by atoms with Crippen molar-refractivity contribution in [1.82, 2.24) is 0 Å². The molecule has 0 aliphatic carbocycles. The number of nitrogens with one attached hydrogen (secondary N) is 1. The molecule has 0 saturated heterocycles. The van der Waals surface area contributed by atoms with Crippen LogP contribution in [0, 0.1) is 0 Å². The Kier molecular flexibility index (Phi) is 6.53. The van der Waals surface area contributed by atoms with Crippen molar-refractivity contribution >= 4 is 34.3 Å². The average molecular weight is 392 g/mol. The number of aliphatic hydroxyl groups excluding tert-OH is 2. The van der Waals surface area contributed by atoms with Crippen LogP contribution in [0.15, 0.2) is 79.1 Å². The van der Waals surface area contributed by atoms with Crippen LogP contribution >= 0.6 is 12.2 Å². The molecule has 0 fully saturated rings.